The molecule has 0 saturated carbocycles. The molecule has 0 spiro atoms. The molecule has 0 aliphatic carbocycles. The molecule has 0 atom stereocenters. The Bertz CT molecular complexity index is 973. The molecule has 2 aromatic rings. The molecule has 2 heterocycles. The summed E-state index contributed by atoms with van der Waals surface area (Å²) in [7, 11) is 0. The molecule has 0 radical (unpaired) electrons. The van der Waals surface area contributed by atoms with Crippen LogP contribution in [-0.2, 0) is 25.6 Å². The van der Waals surface area contributed by atoms with E-state index in [0.29, 0.717) is 6.04 Å². The molecule has 0 aromatic heterocycles. The first-order chi connectivity index (χ1) is 15.4. The summed E-state index contributed by atoms with van der Waals surface area (Å²) in [5.74, 6) is -2.65. The maximum atomic E-state index is 12.2. The Labute approximate surface area is 188 Å². The monoisotopic (exact) mass is 435 g/mol. The molecule has 0 bridgehead atoms. The van der Waals surface area contributed by atoms with Crippen LogP contribution < -0.4 is 10.6 Å². The number of para-hydroxylation sites is 2. The quantitative estimate of drug-likeness (QED) is 0.405. The summed E-state index contributed by atoms with van der Waals surface area (Å²) < 4.78 is 10.3. The van der Waals surface area contributed by atoms with Crippen LogP contribution in [0, 0.1) is 0 Å². The Hall–Kier alpha value is -3.32. The average molecular weight is 436 g/mol. The number of piperidine rings is 1. The summed E-state index contributed by atoms with van der Waals surface area (Å²) in [6, 6.07) is 18.6. The molecular weight excluding hydrogens is 406 g/mol. The van der Waals surface area contributed by atoms with Crippen LogP contribution >= 0.6 is 0 Å². The van der Waals surface area contributed by atoms with E-state index in [1.807, 2.05) is 30.3 Å². The van der Waals surface area contributed by atoms with Crippen molar-refractivity contribution >= 4 is 23.3 Å². The van der Waals surface area contributed by atoms with E-state index in [2.05, 4.69) is 39.8 Å². The number of cyclic esters (lactones) is 2. The van der Waals surface area contributed by atoms with E-state index in [1.54, 1.807) is 0 Å². The summed E-state index contributed by atoms with van der Waals surface area (Å²) in [5, 5.41) is 6.67. The Balaban J connectivity index is 1.35. The fourth-order valence-corrected chi connectivity index (χ4v) is 3.96. The molecular formula is C25H29N3O4. The number of nitrogens with zero attached hydrogens (tertiary/aromatic N) is 1. The first kappa shape index (κ1) is 21.9. The van der Waals surface area contributed by atoms with Crippen molar-refractivity contribution in [1.29, 1.82) is 0 Å². The number of nitrogens with one attached hydrogen (secondary N) is 2. The van der Waals surface area contributed by atoms with Gasteiger partial charge < -0.3 is 20.1 Å². The van der Waals surface area contributed by atoms with Crippen LogP contribution in [0.2, 0.25) is 0 Å². The second-order valence-electron chi connectivity index (χ2n) is 8.61. The molecule has 168 valence electrons. The highest BCUT2D eigenvalue weighted by molar-refractivity contribution is 6.15. The van der Waals surface area contributed by atoms with Crippen molar-refractivity contribution < 1.29 is 19.1 Å². The van der Waals surface area contributed by atoms with Crippen molar-refractivity contribution in [3.63, 3.8) is 0 Å². The van der Waals surface area contributed by atoms with Gasteiger partial charge in [-0.2, -0.15) is 0 Å². The van der Waals surface area contributed by atoms with Gasteiger partial charge in [-0.15, -0.1) is 0 Å². The Kier molecular flexibility index (Phi) is 6.46. The minimum absolute atomic E-state index is 0.159. The highest BCUT2D eigenvalue weighted by Gasteiger charge is 2.39. The van der Waals surface area contributed by atoms with Gasteiger partial charge in [0.2, 0.25) is 0 Å². The second kappa shape index (κ2) is 9.44. The van der Waals surface area contributed by atoms with E-state index in [1.165, 1.54) is 25.6 Å². The van der Waals surface area contributed by atoms with Crippen LogP contribution in [0.15, 0.2) is 66.4 Å². The zero-order valence-electron chi connectivity index (χ0n) is 18.5. The van der Waals surface area contributed by atoms with Crippen LogP contribution in [0.4, 0.5) is 11.4 Å². The topological polar surface area (TPSA) is 79.9 Å². The lowest BCUT2D eigenvalue weighted by molar-refractivity contribution is -0.222. The van der Waals surface area contributed by atoms with Crippen LogP contribution in [0.25, 0.3) is 0 Å². The van der Waals surface area contributed by atoms with Crippen LogP contribution in [-0.4, -0.2) is 41.8 Å². The van der Waals surface area contributed by atoms with Crippen LogP contribution in [0.3, 0.4) is 0 Å². The van der Waals surface area contributed by atoms with Gasteiger partial charge in [-0.05, 0) is 30.5 Å². The zero-order chi connectivity index (χ0) is 22.6. The Morgan fingerprint density at radius 2 is 1.53 bits per heavy atom. The number of benzene rings is 2. The lowest BCUT2D eigenvalue weighted by Gasteiger charge is -2.33. The van der Waals surface area contributed by atoms with Gasteiger partial charge in [0.05, 0.1) is 11.4 Å². The van der Waals surface area contributed by atoms with Gasteiger partial charge in [-0.25, -0.2) is 9.59 Å². The number of esters is 2. The van der Waals surface area contributed by atoms with E-state index in [0.717, 1.165) is 43.9 Å². The Morgan fingerprint density at radius 3 is 2.19 bits per heavy atom. The summed E-state index contributed by atoms with van der Waals surface area (Å²) >= 11 is 0. The van der Waals surface area contributed by atoms with Gasteiger partial charge in [0, 0.05) is 45.7 Å². The van der Waals surface area contributed by atoms with Gasteiger partial charge >= 0.3 is 11.9 Å². The van der Waals surface area contributed by atoms with Crippen molar-refractivity contribution in [3.05, 3.63) is 71.9 Å². The summed E-state index contributed by atoms with van der Waals surface area (Å²) in [4.78, 5) is 26.8. The lowest BCUT2D eigenvalue weighted by Crippen LogP contribution is -2.42. The number of hydrogen-bond acceptors (Lipinski definition) is 7. The van der Waals surface area contributed by atoms with Gasteiger partial charge in [-0.3, -0.25) is 4.90 Å². The number of rotatable bonds is 6. The highest BCUT2D eigenvalue weighted by Crippen LogP contribution is 2.27. The number of likely N-dealkylation sites (tertiary alicyclic amines) is 1. The fourth-order valence-electron chi connectivity index (χ4n) is 3.96. The van der Waals surface area contributed by atoms with E-state index in [9.17, 15) is 9.59 Å². The number of ether oxygens (including phenoxy) is 2. The lowest BCUT2D eigenvalue weighted by atomic mass is 10.0. The smallest absolute Gasteiger partial charge is 0.350 e. The van der Waals surface area contributed by atoms with Crippen LogP contribution in [0.5, 0.6) is 0 Å². The first-order valence-corrected chi connectivity index (χ1v) is 10.9. The highest BCUT2D eigenvalue weighted by atomic mass is 16.7. The van der Waals surface area contributed by atoms with Crippen molar-refractivity contribution in [2.45, 2.75) is 45.1 Å². The van der Waals surface area contributed by atoms with E-state index in [-0.39, 0.29) is 5.57 Å². The molecule has 2 aliphatic rings. The molecule has 2 aromatic carbocycles. The first-order valence-electron chi connectivity index (χ1n) is 10.9. The molecule has 32 heavy (non-hydrogen) atoms. The third-order valence-corrected chi connectivity index (χ3v) is 5.61. The SMILES string of the molecule is CC1(C)OC(=O)C(=CNc2ccccc2NC2CCN(Cc3ccccc3)CC2)C(=O)O1. The predicted molar refractivity (Wildman–Crippen MR) is 123 cm³/mol. The number of anilines is 2. The molecule has 4 rings (SSSR count). The Morgan fingerprint density at radius 1 is 0.938 bits per heavy atom. The zero-order valence-corrected chi connectivity index (χ0v) is 18.5. The average Bonchev–Trinajstić information content (AvgIpc) is 2.75. The fraction of sp³-hybridized carbons (Fsp3) is 0.360. The number of carbonyl (C=O) groups excluding carboxylic acids is 2. The van der Waals surface area contributed by atoms with Gasteiger partial charge in [-0.1, -0.05) is 42.5 Å². The number of carbonyl (C=O) groups is 2. The molecule has 2 aliphatic heterocycles. The number of hydrogen-bond donors (Lipinski definition) is 2. The van der Waals surface area contributed by atoms with Crippen LogP contribution in [0.1, 0.15) is 32.3 Å². The van der Waals surface area contributed by atoms with Gasteiger partial charge in [0.25, 0.3) is 5.79 Å². The van der Waals surface area contributed by atoms with E-state index >= 15 is 0 Å². The summed E-state index contributed by atoms with van der Waals surface area (Å²) in [6.45, 7) is 6.08. The largest absolute Gasteiger partial charge is 0.419 e. The summed E-state index contributed by atoms with van der Waals surface area (Å²) in [6.07, 6.45) is 3.43. The summed E-state index contributed by atoms with van der Waals surface area (Å²) in [5.41, 5.74) is 2.87. The third kappa shape index (κ3) is 5.48. The van der Waals surface area contributed by atoms with E-state index < -0.39 is 17.7 Å². The molecule has 2 saturated heterocycles. The molecule has 2 fully saturated rings. The predicted octanol–water partition coefficient (Wildman–Crippen LogP) is 3.90. The maximum Gasteiger partial charge on any atom is 0.350 e. The van der Waals surface area contributed by atoms with E-state index in [4.69, 9.17) is 9.47 Å². The minimum Gasteiger partial charge on any atom is -0.419 e. The second-order valence-corrected chi connectivity index (χ2v) is 8.61. The normalized spacial score (nSPS) is 19.1. The van der Waals surface area contributed by atoms with Crippen molar-refractivity contribution in [3.8, 4) is 0 Å². The molecule has 7 heteroatoms. The third-order valence-electron chi connectivity index (χ3n) is 5.61. The standard InChI is InChI=1S/C25H29N3O4/c1-25(2)31-23(29)20(24(30)32-25)16-26-21-10-6-7-11-22(21)27-19-12-14-28(15-13-19)17-18-8-4-3-5-9-18/h3-11,16,19,26-27H,12-15,17H2,1-2H3. The van der Waals surface area contributed by atoms with Gasteiger partial charge in [0.15, 0.2) is 5.57 Å². The molecule has 7 nitrogen and oxygen atoms in total. The minimum atomic E-state index is -1.25. The van der Waals surface area contributed by atoms with Gasteiger partial charge in [0.1, 0.15) is 0 Å². The molecule has 0 unspecified atom stereocenters. The van der Waals surface area contributed by atoms with Crippen molar-refractivity contribution in [2.75, 3.05) is 23.7 Å². The van der Waals surface area contributed by atoms with Crippen molar-refractivity contribution in [2.24, 2.45) is 0 Å². The molecule has 0 amide bonds. The van der Waals surface area contributed by atoms with Crippen molar-refractivity contribution in [1.82, 2.24) is 4.90 Å². The molecule has 2 N–H and O–H groups in total. The maximum absolute atomic E-state index is 12.2.